The molecule has 0 spiro atoms. The van der Waals surface area contributed by atoms with Crippen LogP contribution in [0.25, 0.3) is 0 Å². The second-order valence-corrected chi connectivity index (χ2v) is 9.37. The highest BCUT2D eigenvalue weighted by Crippen LogP contribution is 2.14. The average molecular weight is 462 g/mol. The number of aliphatic hydroxyl groups excluding tert-OH is 1. The van der Waals surface area contributed by atoms with Gasteiger partial charge in [0.15, 0.2) is 0 Å². The zero-order valence-corrected chi connectivity index (χ0v) is 21.4. The van der Waals surface area contributed by atoms with Crippen LogP contribution in [0.3, 0.4) is 0 Å². The first-order valence-electron chi connectivity index (χ1n) is 13.9. The fourth-order valence-electron chi connectivity index (χ4n) is 4.10. The van der Waals surface area contributed by atoms with Crippen LogP contribution in [0.15, 0.2) is 24.3 Å². The minimum atomic E-state index is -0.171. The first-order chi connectivity index (χ1) is 16.3. The van der Waals surface area contributed by atoms with Gasteiger partial charge in [-0.3, -0.25) is 4.79 Å². The number of hydrogen-bond donors (Lipinski definition) is 2. The van der Waals surface area contributed by atoms with Crippen molar-refractivity contribution >= 4 is 11.7 Å². The van der Waals surface area contributed by atoms with E-state index in [1.165, 1.54) is 101 Å². The quantitative estimate of drug-likeness (QED) is 0.129. The maximum Gasteiger partial charge on any atom is 0.305 e. The van der Waals surface area contributed by atoms with Crippen molar-refractivity contribution in [1.82, 2.24) is 0 Å². The lowest BCUT2D eigenvalue weighted by Gasteiger charge is -2.08. The lowest BCUT2D eigenvalue weighted by molar-refractivity contribution is -0.144. The smallest absolute Gasteiger partial charge is 0.305 e. The molecule has 0 atom stereocenters. The Morgan fingerprint density at radius 2 is 1.30 bits per heavy atom. The first kappa shape index (κ1) is 29.5. The molecule has 0 fully saturated rings. The molecular weight excluding hydrogens is 410 g/mol. The minimum Gasteiger partial charge on any atom is -0.466 e. The van der Waals surface area contributed by atoms with Gasteiger partial charge in [0.2, 0.25) is 0 Å². The molecule has 0 heterocycles. The molecule has 190 valence electrons. The van der Waals surface area contributed by atoms with Crippen molar-refractivity contribution in [2.45, 2.75) is 122 Å². The maximum atomic E-state index is 11.6. The predicted octanol–water partition coefficient (Wildman–Crippen LogP) is 7.83. The van der Waals surface area contributed by atoms with Crippen LogP contribution < -0.4 is 5.32 Å². The van der Waals surface area contributed by atoms with Gasteiger partial charge in [-0.25, -0.2) is 0 Å². The summed E-state index contributed by atoms with van der Waals surface area (Å²) in [5, 5.41) is 12.2. The molecule has 0 saturated carbocycles. The second kappa shape index (κ2) is 22.3. The molecule has 0 aromatic heterocycles. The number of nitrogens with one attached hydrogen (secondary N) is 1. The third-order valence-electron chi connectivity index (χ3n) is 6.23. The van der Waals surface area contributed by atoms with Crippen LogP contribution in [-0.4, -0.2) is 30.8 Å². The lowest BCUT2D eigenvalue weighted by atomic mass is 10.0. The van der Waals surface area contributed by atoms with Gasteiger partial charge in [0.25, 0.3) is 0 Å². The maximum absolute atomic E-state index is 11.6. The minimum absolute atomic E-state index is 0.0626. The number of aliphatic hydroxyl groups is 1. The zero-order valence-electron chi connectivity index (χ0n) is 21.4. The van der Waals surface area contributed by atoms with Crippen LogP contribution in [0.2, 0.25) is 0 Å². The van der Waals surface area contributed by atoms with Crippen molar-refractivity contribution in [3.05, 3.63) is 29.8 Å². The largest absolute Gasteiger partial charge is 0.466 e. The summed E-state index contributed by atoms with van der Waals surface area (Å²) in [5.41, 5.74) is 2.43. The number of esters is 1. The van der Waals surface area contributed by atoms with Gasteiger partial charge in [-0.2, -0.15) is 0 Å². The molecule has 0 bridgehead atoms. The number of unbranched alkanes of at least 4 members (excludes halogenated alkanes) is 13. The zero-order chi connectivity index (χ0) is 23.8. The Labute approximate surface area is 203 Å². The molecule has 0 amide bonds. The third-order valence-corrected chi connectivity index (χ3v) is 6.23. The number of carbonyl (C=O) groups is 1. The molecular formula is C29H51NO3. The normalized spacial score (nSPS) is 11.0. The van der Waals surface area contributed by atoms with Crippen LogP contribution in [0.5, 0.6) is 0 Å². The highest BCUT2D eigenvalue weighted by atomic mass is 16.5. The highest BCUT2D eigenvalue weighted by Gasteiger charge is 2.03. The Bertz CT molecular complexity index is 558. The van der Waals surface area contributed by atoms with E-state index in [9.17, 15) is 4.79 Å². The number of anilines is 1. The summed E-state index contributed by atoms with van der Waals surface area (Å²) in [5.74, 6) is -0.171. The number of carbonyl (C=O) groups excluding carboxylic acids is 1. The standard InChI is InChI=1S/C29H51NO3/c1-2-3-4-5-6-7-8-9-10-11-12-13-14-15-24-30-28-22-20-27(21-23-28)18-16-19-29(32)33-26-17-25-31/h20-23,30-31H,2-19,24-26H2,1H3. The molecule has 4 heteroatoms. The van der Waals surface area contributed by atoms with E-state index >= 15 is 0 Å². The van der Waals surface area contributed by atoms with Crippen molar-refractivity contribution in [1.29, 1.82) is 0 Å². The van der Waals surface area contributed by atoms with Gasteiger partial charge in [-0.05, 0) is 37.0 Å². The number of benzene rings is 1. The molecule has 4 nitrogen and oxygen atoms in total. The van der Waals surface area contributed by atoms with Crippen molar-refractivity contribution in [2.75, 3.05) is 25.1 Å². The van der Waals surface area contributed by atoms with E-state index in [4.69, 9.17) is 9.84 Å². The SMILES string of the molecule is CCCCCCCCCCCCCCCCNc1ccc(CCCC(=O)OCCCO)cc1. The number of aryl methyl sites for hydroxylation is 1. The Kier molecular flexibility index (Phi) is 19.9. The average Bonchev–Trinajstić information content (AvgIpc) is 2.82. The van der Waals surface area contributed by atoms with Gasteiger partial charge in [-0.15, -0.1) is 0 Å². The molecule has 0 aliphatic carbocycles. The van der Waals surface area contributed by atoms with Crippen LogP contribution in [0.4, 0.5) is 5.69 Å². The van der Waals surface area contributed by atoms with E-state index in [0.29, 0.717) is 19.4 Å². The van der Waals surface area contributed by atoms with E-state index in [2.05, 4.69) is 36.5 Å². The fraction of sp³-hybridized carbons (Fsp3) is 0.759. The predicted molar refractivity (Wildman–Crippen MR) is 141 cm³/mol. The van der Waals surface area contributed by atoms with Crippen LogP contribution in [0, 0.1) is 0 Å². The third kappa shape index (κ3) is 18.6. The Balaban J connectivity index is 1.91. The molecule has 0 saturated heterocycles. The summed E-state index contributed by atoms with van der Waals surface area (Å²) < 4.78 is 5.05. The van der Waals surface area contributed by atoms with E-state index in [1.54, 1.807) is 0 Å². The molecule has 1 aromatic rings. The molecule has 33 heavy (non-hydrogen) atoms. The molecule has 1 rings (SSSR count). The molecule has 0 aliphatic heterocycles. The number of hydrogen-bond acceptors (Lipinski definition) is 4. The van der Waals surface area contributed by atoms with E-state index in [0.717, 1.165) is 19.4 Å². The Morgan fingerprint density at radius 1 is 0.758 bits per heavy atom. The number of rotatable bonds is 23. The molecule has 1 aromatic carbocycles. The summed E-state index contributed by atoms with van der Waals surface area (Å²) in [6.07, 6.45) is 22.1. The summed E-state index contributed by atoms with van der Waals surface area (Å²) in [6.45, 7) is 3.70. The van der Waals surface area contributed by atoms with E-state index in [1.807, 2.05) is 0 Å². The molecule has 2 N–H and O–H groups in total. The van der Waals surface area contributed by atoms with Crippen molar-refractivity contribution in [3.63, 3.8) is 0 Å². The molecule has 0 radical (unpaired) electrons. The summed E-state index contributed by atoms with van der Waals surface area (Å²) in [6, 6.07) is 8.56. The monoisotopic (exact) mass is 461 g/mol. The molecule has 0 aliphatic rings. The number of ether oxygens (including phenoxy) is 1. The Hall–Kier alpha value is -1.55. The van der Waals surface area contributed by atoms with Crippen molar-refractivity contribution in [2.24, 2.45) is 0 Å². The Morgan fingerprint density at radius 3 is 1.85 bits per heavy atom. The van der Waals surface area contributed by atoms with Gasteiger partial charge in [-0.1, -0.05) is 103 Å². The molecule has 0 unspecified atom stereocenters. The van der Waals surface area contributed by atoms with Crippen LogP contribution >= 0.6 is 0 Å². The van der Waals surface area contributed by atoms with Crippen molar-refractivity contribution in [3.8, 4) is 0 Å². The van der Waals surface area contributed by atoms with Gasteiger partial charge in [0.1, 0.15) is 0 Å². The summed E-state index contributed by atoms with van der Waals surface area (Å²) in [4.78, 5) is 11.6. The van der Waals surface area contributed by atoms with E-state index < -0.39 is 0 Å². The van der Waals surface area contributed by atoms with Crippen molar-refractivity contribution < 1.29 is 14.6 Å². The summed E-state index contributed by atoms with van der Waals surface area (Å²) in [7, 11) is 0. The highest BCUT2D eigenvalue weighted by molar-refractivity contribution is 5.69. The van der Waals surface area contributed by atoms with Gasteiger partial charge in [0.05, 0.1) is 6.61 Å². The summed E-state index contributed by atoms with van der Waals surface area (Å²) >= 11 is 0. The second-order valence-electron chi connectivity index (χ2n) is 9.37. The van der Waals surface area contributed by atoms with Gasteiger partial charge >= 0.3 is 5.97 Å². The van der Waals surface area contributed by atoms with Gasteiger partial charge in [0, 0.05) is 31.7 Å². The van der Waals surface area contributed by atoms with Crippen LogP contribution in [0.1, 0.15) is 122 Å². The lowest BCUT2D eigenvalue weighted by Crippen LogP contribution is -2.07. The van der Waals surface area contributed by atoms with Crippen LogP contribution in [-0.2, 0) is 16.0 Å². The topological polar surface area (TPSA) is 58.6 Å². The van der Waals surface area contributed by atoms with E-state index in [-0.39, 0.29) is 12.6 Å². The fourth-order valence-corrected chi connectivity index (χ4v) is 4.10. The van der Waals surface area contributed by atoms with Gasteiger partial charge < -0.3 is 15.2 Å². The first-order valence-corrected chi connectivity index (χ1v) is 13.9.